The molecule has 1 aliphatic rings. The third-order valence-corrected chi connectivity index (χ3v) is 2.60. The van der Waals surface area contributed by atoms with E-state index in [0.717, 1.165) is 18.8 Å². The van der Waals surface area contributed by atoms with Gasteiger partial charge in [0.15, 0.2) is 0 Å². The van der Waals surface area contributed by atoms with Gasteiger partial charge < -0.3 is 15.4 Å². The minimum absolute atomic E-state index is 0.0951. The summed E-state index contributed by atoms with van der Waals surface area (Å²) >= 11 is 0. The number of nitrogens with one attached hydrogen (secondary N) is 2. The van der Waals surface area contributed by atoms with Crippen molar-refractivity contribution in [2.24, 2.45) is 0 Å². The van der Waals surface area contributed by atoms with Crippen LogP contribution in [0.2, 0.25) is 0 Å². The molecule has 0 aromatic heterocycles. The van der Waals surface area contributed by atoms with Crippen molar-refractivity contribution >= 4 is 11.4 Å². The van der Waals surface area contributed by atoms with E-state index in [2.05, 4.69) is 10.6 Å². The van der Waals surface area contributed by atoms with Gasteiger partial charge in [-0.2, -0.15) is 0 Å². The first-order valence-electron chi connectivity index (χ1n) is 5.56. The number of rotatable bonds is 4. The molecule has 0 amide bonds. The molecule has 0 spiro atoms. The molecule has 6 nitrogen and oxygen atoms in total. The number of ether oxygens (including phenoxy) is 1. The first kappa shape index (κ1) is 11.8. The smallest absolute Gasteiger partial charge is 0.271 e. The van der Waals surface area contributed by atoms with Crippen LogP contribution in [0.1, 0.15) is 0 Å². The fraction of sp³-hybridized carbons (Fsp3) is 0.455. The molecule has 1 saturated heterocycles. The third kappa shape index (κ3) is 3.40. The molecule has 0 aliphatic carbocycles. The lowest BCUT2D eigenvalue weighted by Gasteiger charge is -2.24. The maximum Gasteiger partial charge on any atom is 0.271 e. The minimum Gasteiger partial charge on any atom is -0.382 e. The summed E-state index contributed by atoms with van der Waals surface area (Å²) in [5, 5.41) is 17.0. The molecule has 6 heteroatoms. The zero-order chi connectivity index (χ0) is 12.1. The molecule has 1 aliphatic heterocycles. The minimum atomic E-state index is -0.399. The Morgan fingerprint density at radius 3 is 3.18 bits per heavy atom. The van der Waals surface area contributed by atoms with Crippen molar-refractivity contribution in [3.05, 3.63) is 34.4 Å². The molecule has 92 valence electrons. The molecule has 1 heterocycles. The van der Waals surface area contributed by atoms with Crippen LogP contribution < -0.4 is 10.6 Å². The van der Waals surface area contributed by atoms with Crippen molar-refractivity contribution in [3.8, 4) is 0 Å². The van der Waals surface area contributed by atoms with E-state index < -0.39 is 4.92 Å². The Labute approximate surface area is 99.1 Å². The number of hydrogen-bond acceptors (Lipinski definition) is 5. The number of nitro groups is 1. The predicted octanol–water partition coefficient (Wildman–Crippen LogP) is 0.995. The van der Waals surface area contributed by atoms with Gasteiger partial charge in [-0.1, -0.05) is 6.07 Å². The highest BCUT2D eigenvalue weighted by atomic mass is 16.6. The van der Waals surface area contributed by atoms with Crippen molar-refractivity contribution in [3.63, 3.8) is 0 Å². The molecule has 0 radical (unpaired) electrons. The summed E-state index contributed by atoms with van der Waals surface area (Å²) < 4.78 is 5.52. The predicted molar refractivity (Wildman–Crippen MR) is 64.2 cm³/mol. The van der Waals surface area contributed by atoms with Gasteiger partial charge in [0.2, 0.25) is 0 Å². The number of benzene rings is 1. The van der Waals surface area contributed by atoms with Gasteiger partial charge in [-0.05, 0) is 6.07 Å². The number of nitrogens with zero attached hydrogens (tertiary/aromatic N) is 1. The average molecular weight is 237 g/mol. The van der Waals surface area contributed by atoms with Crippen LogP contribution in [0.4, 0.5) is 11.4 Å². The maximum absolute atomic E-state index is 10.6. The van der Waals surface area contributed by atoms with Crippen molar-refractivity contribution in [1.82, 2.24) is 5.32 Å². The normalized spacial score (nSPS) is 19.9. The Morgan fingerprint density at radius 2 is 2.47 bits per heavy atom. The summed E-state index contributed by atoms with van der Waals surface area (Å²) in [6, 6.07) is 6.48. The summed E-state index contributed by atoms with van der Waals surface area (Å²) in [4.78, 5) is 10.2. The van der Waals surface area contributed by atoms with Gasteiger partial charge >= 0.3 is 0 Å². The van der Waals surface area contributed by atoms with Crippen molar-refractivity contribution in [1.29, 1.82) is 0 Å². The van der Waals surface area contributed by atoms with Gasteiger partial charge in [0.1, 0.15) is 0 Å². The Hall–Kier alpha value is -1.66. The third-order valence-electron chi connectivity index (χ3n) is 2.60. The molecular formula is C11H15N3O3. The molecule has 1 unspecified atom stereocenters. The van der Waals surface area contributed by atoms with E-state index in [4.69, 9.17) is 4.74 Å². The fourth-order valence-corrected chi connectivity index (χ4v) is 1.71. The Morgan fingerprint density at radius 1 is 1.59 bits per heavy atom. The first-order valence-corrected chi connectivity index (χ1v) is 5.56. The van der Waals surface area contributed by atoms with E-state index in [-0.39, 0.29) is 11.8 Å². The zero-order valence-corrected chi connectivity index (χ0v) is 9.39. The van der Waals surface area contributed by atoms with Crippen molar-refractivity contribution in [2.45, 2.75) is 6.10 Å². The number of non-ortho nitro benzene ring substituents is 1. The van der Waals surface area contributed by atoms with Crippen LogP contribution in [-0.2, 0) is 4.74 Å². The Balaban J connectivity index is 1.89. The SMILES string of the molecule is O=[N+]([O-])c1cccc(NCC2CNCCO2)c1. The second-order valence-corrected chi connectivity index (χ2v) is 3.89. The zero-order valence-electron chi connectivity index (χ0n) is 9.39. The standard InChI is InChI=1S/C11H15N3O3/c15-14(16)10-3-1-2-9(6-10)13-8-11-7-12-4-5-17-11/h1-3,6,11-13H,4-5,7-8H2. The van der Waals surface area contributed by atoms with Crippen LogP contribution in [0.15, 0.2) is 24.3 Å². The van der Waals surface area contributed by atoms with Crippen LogP contribution in [0.3, 0.4) is 0 Å². The summed E-state index contributed by atoms with van der Waals surface area (Å²) in [5.41, 5.74) is 0.839. The van der Waals surface area contributed by atoms with E-state index in [1.807, 2.05) is 6.07 Å². The van der Waals surface area contributed by atoms with Crippen LogP contribution in [-0.4, -0.2) is 37.3 Å². The summed E-state index contributed by atoms with van der Waals surface area (Å²) in [6.07, 6.45) is 0.114. The van der Waals surface area contributed by atoms with E-state index >= 15 is 0 Å². The monoisotopic (exact) mass is 237 g/mol. The van der Waals surface area contributed by atoms with Crippen molar-refractivity contribution in [2.75, 3.05) is 31.6 Å². The lowest BCUT2D eigenvalue weighted by atomic mass is 10.2. The number of anilines is 1. The second kappa shape index (κ2) is 5.60. The molecule has 17 heavy (non-hydrogen) atoms. The molecule has 1 aromatic carbocycles. The van der Waals surface area contributed by atoms with Gasteiger partial charge in [-0.3, -0.25) is 10.1 Å². The molecular weight excluding hydrogens is 222 g/mol. The average Bonchev–Trinajstić information content (AvgIpc) is 2.38. The quantitative estimate of drug-likeness (QED) is 0.603. The molecule has 1 aromatic rings. The summed E-state index contributed by atoms with van der Waals surface area (Å²) in [7, 11) is 0. The molecule has 0 saturated carbocycles. The van der Waals surface area contributed by atoms with Crippen molar-refractivity contribution < 1.29 is 9.66 Å². The first-order chi connectivity index (χ1) is 8.25. The van der Waals surface area contributed by atoms with Crippen LogP contribution >= 0.6 is 0 Å². The van der Waals surface area contributed by atoms with E-state index in [1.165, 1.54) is 12.1 Å². The molecule has 2 N–H and O–H groups in total. The topological polar surface area (TPSA) is 76.4 Å². The van der Waals surface area contributed by atoms with E-state index in [1.54, 1.807) is 6.07 Å². The highest BCUT2D eigenvalue weighted by Crippen LogP contribution is 2.17. The van der Waals surface area contributed by atoms with Crippen LogP contribution in [0, 0.1) is 10.1 Å². The number of nitro benzene ring substituents is 1. The van der Waals surface area contributed by atoms with Gasteiger partial charge in [0, 0.05) is 37.5 Å². The highest BCUT2D eigenvalue weighted by Gasteiger charge is 2.13. The highest BCUT2D eigenvalue weighted by molar-refractivity contribution is 5.50. The molecule has 1 atom stereocenters. The molecule has 1 fully saturated rings. The number of hydrogen-bond donors (Lipinski definition) is 2. The fourth-order valence-electron chi connectivity index (χ4n) is 1.71. The second-order valence-electron chi connectivity index (χ2n) is 3.89. The van der Waals surface area contributed by atoms with Gasteiger partial charge in [0.05, 0.1) is 17.6 Å². The summed E-state index contributed by atoms with van der Waals surface area (Å²) in [6.45, 7) is 3.05. The Bertz CT molecular complexity index is 391. The van der Waals surface area contributed by atoms with Gasteiger partial charge in [-0.25, -0.2) is 0 Å². The van der Waals surface area contributed by atoms with Gasteiger partial charge in [0.25, 0.3) is 5.69 Å². The maximum atomic E-state index is 10.6. The van der Waals surface area contributed by atoms with E-state index in [9.17, 15) is 10.1 Å². The molecule has 0 bridgehead atoms. The molecule has 2 rings (SSSR count). The van der Waals surface area contributed by atoms with Crippen LogP contribution in [0.5, 0.6) is 0 Å². The summed E-state index contributed by atoms with van der Waals surface area (Å²) in [5.74, 6) is 0. The van der Waals surface area contributed by atoms with E-state index in [0.29, 0.717) is 13.2 Å². The number of morpholine rings is 1. The van der Waals surface area contributed by atoms with Gasteiger partial charge in [-0.15, -0.1) is 0 Å². The largest absolute Gasteiger partial charge is 0.382 e. The lowest BCUT2D eigenvalue weighted by Crippen LogP contribution is -2.42. The Kier molecular flexibility index (Phi) is 3.89. The van der Waals surface area contributed by atoms with Crippen LogP contribution in [0.25, 0.3) is 0 Å². The lowest BCUT2D eigenvalue weighted by molar-refractivity contribution is -0.384.